The van der Waals surface area contributed by atoms with E-state index >= 15 is 0 Å². The van der Waals surface area contributed by atoms with E-state index in [0.717, 1.165) is 25.2 Å². The third-order valence-corrected chi connectivity index (χ3v) is 3.79. The van der Waals surface area contributed by atoms with Gasteiger partial charge in [-0.25, -0.2) is 4.79 Å². The molecule has 0 spiro atoms. The molecular formula is C15H22N2O2. The Kier molecular flexibility index (Phi) is 4.56. The molecule has 1 aliphatic heterocycles. The van der Waals surface area contributed by atoms with Crippen molar-refractivity contribution in [2.45, 2.75) is 26.4 Å². The number of carboxylic acid groups (broad SMARTS) is 1. The summed E-state index contributed by atoms with van der Waals surface area (Å²) in [6, 6.07) is 7.77. The quantitative estimate of drug-likeness (QED) is 0.869. The monoisotopic (exact) mass is 262 g/mol. The molecule has 1 fully saturated rings. The highest BCUT2D eigenvalue weighted by Crippen LogP contribution is 2.18. The maximum Gasteiger partial charge on any atom is 0.336 e. The van der Waals surface area contributed by atoms with Crippen molar-refractivity contribution in [3.8, 4) is 0 Å². The normalized spacial score (nSPS) is 20.7. The zero-order valence-electron chi connectivity index (χ0n) is 11.6. The van der Waals surface area contributed by atoms with Gasteiger partial charge in [-0.2, -0.15) is 0 Å². The van der Waals surface area contributed by atoms with Crippen LogP contribution in [-0.4, -0.2) is 41.7 Å². The fourth-order valence-corrected chi connectivity index (χ4v) is 2.71. The third-order valence-electron chi connectivity index (χ3n) is 3.79. The summed E-state index contributed by atoms with van der Waals surface area (Å²) in [6.45, 7) is 8.07. The number of nitrogens with one attached hydrogen (secondary N) is 1. The highest BCUT2D eigenvalue weighted by atomic mass is 16.4. The van der Waals surface area contributed by atoms with Gasteiger partial charge in [0.05, 0.1) is 5.56 Å². The number of piperazine rings is 1. The van der Waals surface area contributed by atoms with Crippen LogP contribution >= 0.6 is 0 Å². The third kappa shape index (κ3) is 3.33. The molecule has 2 rings (SSSR count). The summed E-state index contributed by atoms with van der Waals surface area (Å²) in [5.41, 5.74) is 1.33. The van der Waals surface area contributed by atoms with Crippen LogP contribution in [0.2, 0.25) is 0 Å². The zero-order chi connectivity index (χ0) is 13.8. The second-order valence-electron chi connectivity index (χ2n) is 5.45. The fraction of sp³-hybridized carbons (Fsp3) is 0.533. The molecule has 0 aromatic heterocycles. The molecule has 0 radical (unpaired) electrons. The predicted octanol–water partition coefficient (Wildman–Crippen LogP) is 1.81. The van der Waals surface area contributed by atoms with E-state index in [1.54, 1.807) is 12.1 Å². The minimum atomic E-state index is -0.841. The largest absolute Gasteiger partial charge is 0.478 e. The van der Waals surface area contributed by atoms with Crippen LogP contribution in [0.1, 0.15) is 29.8 Å². The molecular weight excluding hydrogens is 240 g/mol. The zero-order valence-corrected chi connectivity index (χ0v) is 11.6. The molecule has 0 unspecified atom stereocenters. The fourth-order valence-electron chi connectivity index (χ4n) is 2.71. The first-order valence-electron chi connectivity index (χ1n) is 6.85. The topological polar surface area (TPSA) is 52.6 Å². The smallest absolute Gasteiger partial charge is 0.336 e. The summed E-state index contributed by atoms with van der Waals surface area (Å²) in [4.78, 5) is 13.6. The summed E-state index contributed by atoms with van der Waals surface area (Å²) < 4.78 is 0. The Morgan fingerprint density at radius 2 is 2.21 bits per heavy atom. The maximum absolute atomic E-state index is 11.2. The predicted molar refractivity (Wildman–Crippen MR) is 75.3 cm³/mol. The van der Waals surface area contributed by atoms with Crippen LogP contribution in [0.4, 0.5) is 0 Å². The Morgan fingerprint density at radius 1 is 1.47 bits per heavy atom. The van der Waals surface area contributed by atoms with Gasteiger partial charge in [-0.1, -0.05) is 32.0 Å². The van der Waals surface area contributed by atoms with Crippen LogP contribution in [0.15, 0.2) is 24.3 Å². The van der Waals surface area contributed by atoms with Crippen LogP contribution < -0.4 is 5.32 Å². The van der Waals surface area contributed by atoms with Gasteiger partial charge in [-0.3, -0.25) is 4.90 Å². The van der Waals surface area contributed by atoms with Crippen LogP contribution in [0.5, 0.6) is 0 Å². The molecule has 1 aliphatic rings. The van der Waals surface area contributed by atoms with E-state index in [1.807, 2.05) is 12.1 Å². The molecule has 1 aromatic carbocycles. The van der Waals surface area contributed by atoms with Crippen LogP contribution in [-0.2, 0) is 6.54 Å². The van der Waals surface area contributed by atoms with Gasteiger partial charge in [0.2, 0.25) is 0 Å². The minimum Gasteiger partial charge on any atom is -0.478 e. The van der Waals surface area contributed by atoms with Crippen LogP contribution in [0.25, 0.3) is 0 Å². The van der Waals surface area contributed by atoms with Gasteiger partial charge in [0, 0.05) is 32.2 Å². The lowest BCUT2D eigenvalue weighted by molar-refractivity contribution is 0.0691. The van der Waals surface area contributed by atoms with Gasteiger partial charge in [0.25, 0.3) is 0 Å². The number of hydrogen-bond donors (Lipinski definition) is 2. The Hall–Kier alpha value is -1.39. The van der Waals surface area contributed by atoms with E-state index in [4.69, 9.17) is 0 Å². The Balaban J connectivity index is 2.17. The molecule has 0 aliphatic carbocycles. The van der Waals surface area contributed by atoms with Crippen molar-refractivity contribution in [2.75, 3.05) is 19.6 Å². The summed E-state index contributed by atoms with van der Waals surface area (Å²) in [7, 11) is 0. The number of hydrogen-bond acceptors (Lipinski definition) is 3. The van der Waals surface area contributed by atoms with Gasteiger partial charge in [0.1, 0.15) is 0 Å². The minimum absolute atomic E-state index is 0.420. The molecule has 0 saturated carbocycles. The van der Waals surface area contributed by atoms with E-state index in [1.165, 1.54) is 0 Å². The van der Waals surface area contributed by atoms with Gasteiger partial charge in [-0.15, -0.1) is 0 Å². The molecule has 104 valence electrons. The summed E-state index contributed by atoms with van der Waals surface area (Å²) in [6.07, 6.45) is 0. The van der Waals surface area contributed by atoms with Crippen molar-refractivity contribution in [2.24, 2.45) is 5.92 Å². The molecule has 1 aromatic rings. The van der Waals surface area contributed by atoms with Crippen molar-refractivity contribution in [1.29, 1.82) is 0 Å². The molecule has 0 amide bonds. The lowest BCUT2D eigenvalue weighted by Gasteiger charge is -2.38. The lowest BCUT2D eigenvalue weighted by atomic mass is 9.98. The van der Waals surface area contributed by atoms with Crippen LogP contribution in [0.3, 0.4) is 0 Å². The standard InChI is InChI=1S/C15H22N2O2/c1-11(2)14-9-16-7-8-17(14)10-12-5-3-4-6-13(12)15(18)19/h3-6,11,14,16H,7-10H2,1-2H3,(H,18,19)/t14-/m0/s1. The van der Waals surface area contributed by atoms with Gasteiger partial charge < -0.3 is 10.4 Å². The maximum atomic E-state index is 11.2. The van der Waals surface area contributed by atoms with Crippen molar-refractivity contribution >= 4 is 5.97 Å². The van der Waals surface area contributed by atoms with Gasteiger partial charge in [0.15, 0.2) is 0 Å². The number of carboxylic acids is 1. The molecule has 1 heterocycles. The SMILES string of the molecule is CC(C)[C@@H]1CNCCN1Cc1ccccc1C(=O)O. The number of benzene rings is 1. The molecule has 2 N–H and O–H groups in total. The Bertz CT molecular complexity index is 446. The first kappa shape index (κ1) is 14.0. The molecule has 4 heteroatoms. The Morgan fingerprint density at radius 3 is 2.89 bits per heavy atom. The average molecular weight is 262 g/mol. The summed E-state index contributed by atoms with van der Waals surface area (Å²) in [5.74, 6) is -0.281. The van der Waals surface area contributed by atoms with Gasteiger partial charge in [-0.05, 0) is 17.5 Å². The second kappa shape index (κ2) is 6.17. The number of aromatic carboxylic acids is 1. The van der Waals surface area contributed by atoms with E-state index in [2.05, 4.69) is 24.1 Å². The number of rotatable bonds is 4. The van der Waals surface area contributed by atoms with Crippen LogP contribution in [0, 0.1) is 5.92 Å². The first-order valence-corrected chi connectivity index (χ1v) is 6.85. The van der Waals surface area contributed by atoms with Crippen molar-refractivity contribution in [1.82, 2.24) is 10.2 Å². The lowest BCUT2D eigenvalue weighted by Crippen LogP contribution is -2.53. The van der Waals surface area contributed by atoms with E-state index < -0.39 is 5.97 Å². The highest BCUT2D eigenvalue weighted by molar-refractivity contribution is 5.89. The first-order chi connectivity index (χ1) is 9.09. The second-order valence-corrected chi connectivity index (χ2v) is 5.45. The van der Waals surface area contributed by atoms with E-state index in [9.17, 15) is 9.90 Å². The van der Waals surface area contributed by atoms with Crippen molar-refractivity contribution in [3.63, 3.8) is 0 Å². The Labute approximate surface area is 114 Å². The molecule has 1 atom stereocenters. The van der Waals surface area contributed by atoms with Crippen molar-refractivity contribution < 1.29 is 9.90 Å². The molecule has 19 heavy (non-hydrogen) atoms. The van der Waals surface area contributed by atoms with E-state index in [0.29, 0.717) is 24.1 Å². The van der Waals surface area contributed by atoms with E-state index in [-0.39, 0.29) is 0 Å². The molecule has 1 saturated heterocycles. The average Bonchev–Trinajstić information content (AvgIpc) is 2.39. The number of nitrogens with zero attached hydrogens (tertiary/aromatic N) is 1. The summed E-state index contributed by atoms with van der Waals surface area (Å²) in [5, 5.41) is 12.7. The summed E-state index contributed by atoms with van der Waals surface area (Å²) >= 11 is 0. The number of carbonyl (C=O) groups is 1. The highest BCUT2D eigenvalue weighted by Gasteiger charge is 2.25. The van der Waals surface area contributed by atoms with Crippen molar-refractivity contribution in [3.05, 3.63) is 35.4 Å². The molecule has 0 bridgehead atoms. The van der Waals surface area contributed by atoms with Gasteiger partial charge >= 0.3 is 5.97 Å². The molecule has 4 nitrogen and oxygen atoms in total.